The fourth-order valence-corrected chi connectivity index (χ4v) is 4.90. The van der Waals surface area contributed by atoms with E-state index in [0.717, 1.165) is 5.56 Å². The maximum absolute atomic E-state index is 12.5. The Morgan fingerprint density at radius 1 is 1.15 bits per heavy atom. The highest BCUT2D eigenvalue weighted by atomic mass is 35.5. The first-order chi connectivity index (χ1) is 12.8. The van der Waals surface area contributed by atoms with Crippen LogP contribution in [0.15, 0.2) is 48.5 Å². The third kappa shape index (κ3) is 3.00. The summed E-state index contributed by atoms with van der Waals surface area (Å²) in [6.07, 6.45) is -1.23. The van der Waals surface area contributed by atoms with E-state index in [1.54, 1.807) is 22.9 Å². The monoisotopic (exact) mass is 423 g/mol. The lowest BCUT2D eigenvalue weighted by atomic mass is 10.1. The average Bonchev–Trinajstić information content (AvgIpc) is 3.01. The van der Waals surface area contributed by atoms with Gasteiger partial charge in [0.05, 0.1) is 16.4 Å². The van der Waals surface area contributed by atoms with Crippen molar-refractivity contribution in [2.45, 2.75) is 6.10 Å². The smallest absolute Gasteiger partial charge is 0.238 e. The van der Waals surface area contributed by atoms with Gasteiger partial charge < -0.3 is 5.11 Å². The second-order valence-corrected chi connectivity index (χ2v) is 9.11. The number of hydrogen-bond donors (Lipinski definition) is 1. The van der Waals surface area contributed by atoms with Crippen molar-refractivity contribution in [3.63, 3.8) is 0 Å². The fourth-order valence-electron chi connectivity index (χ4n) is 3.17. The topological polar surface area (TPSA) is 75.4 Å². The summed E-state index contributed by atoms with van der Waals surface area (Å²) in [5.74, 6) is -0.421. The average molecular weight is 424 g/mol. The van der Waals surface area contributed by atoms with Crippen molar-refractivity contribution in [2.24, 2.45) is 0 Å². The molecule has 0 saturated carbocycles. The molecule has 27 heavy (non-hydrogen) atoms. The number of aliphatic hydroxyl groups excluding tert-OH is 1. The Kier molecular flexibility index (Phi) is 4.43. The van der Waals surface area contributed by atoms with Gasteiger partial charge in [0.1, 0.15) is 23.2 Å². The standard InChI is InChI=1S/C18H15Cl2N3O3S/c1-22-18-16(15(24)10-27(22,25)26)21-23(14-8-7-12(19)9-13(14)20)17(18)11-5-3-2-4-6-11/h2-9,15,24H,10H2,1H3. The number of rotatable bonds is 2. The molecular weight excluding hydrogens is 409 g/mol. The predicted molar refractivity (Wildman–Crippen MR) is 106 cm³/mol. The number of anilines is 1. The van der Waals surface area contributed by atoms with Crippen LogP contribution >= 0.6 is 23.2 Å². The number of hydrogen-bond acceptors (Lipinski definition) is 4. The maximum Gasteiger partial charge on any atom is 0.238 e. The van der Waals surface area contributed by atoms with E-state index in [1.165, 1.54) is 11.4 Å². The Hall–Kier alpha value is -2.06. The molecule has 0 spiro atoms. The van der Waals surface area contributed by atoms with Gasteiger partial charge in [-0.3, -0.25) is 4.31 Å². The molecule has 6 nitrogen and oxygen atoms in total. The molecule has 1 N–H and O–H groups in total. The van der Waals surface area contributed by atoms with E-state index in [2.05, 4.69) is 5.10 Å². The van der Waals surface area contributed by atoms with Crippen molar-refractivity contribution in [1.29, 1.82) is 0 Å². The molecule has 9 heteroatoms. The summed E-state index contributed by atoms with van der Waals surface area (Å²) in [4.78, 5) is 0. The molecule has 4 rings (SSSR count). The Morgan fingerprint density at radius 3 is 2.52 bits per heavy atom. The van der Waals surface area contributed by atoms with Gasteiger partial charge >= 0.3 is 0 Å². The molecule has 0 amide bonds. The lowest BCUT2D eigenvalue weighted by Gasteiger charge is -2.27. The van der Waals surface area contributed by atoms with Gasteiger partial charge in [-0.05, 0) is 18.2 Å². The summed E-state index contributed by atoms with van der Waals surface area (Å²) in [6.45, 7) is 0. The van der Waals surface area contributed by atoms with E-state index < -0.39 is 21.9 Å². The fraction of sp³-hybridized carbons (Fsp3) is 0.167. The van der Waals surface area contributed by atoms with Crippen LogP contribution in [-0.4, -0.2) is 36.1 Å². The molecule has 1 atom stereocenters. The number of nitrogens with zero attached hydrogens (tertiary/aromatic N) is 3. The van der Waals surface area contributed by atoms with Crippen LogP contribution in [0.1, 0.15) is 11.8 Å². The van der Waals surface area contributed by atoms with E-state index in [9.17, 15) is 13.5 Å². The Balaban J connectivity index is 2.08. The molecule has 140 valence electrons. The van der Waals surface area contributed by atoms with Crippen LogP contribution in [0.3, 0.4) is 0 Å². The van der Waals surface area contributed by atoms with E-state index >= 15 is 0 Å². The number of halogens is 2. The molecule has 0 bridgehead atoms. The van der Waals surface area contributed by atoms with Crippen molar-refractivity contribution in [3.8, 4) is 16.9 Å². The number of sulfonamides is 1. The molecule has 3 aromatic rings. The largest absolute Gasteiger partial charge is 0.385 e. The number of fused-ring (bicyclic) bond motifs is 1. The minimum Gasteiger partial charge on any atom is -0.385 e. The second kappa shape index (κ2) is 6.53. The third-order valence-corrected chi connectivity index (χ3v) is 6.78. The van der Waals surface area contributed by atoms with Crippen LogP contribution in [0.2, 0.25) is 10.0 Å². The first kappa shape index (κ1) is 18.3. The van der Waals surface area contributed by atoms with E-state index in [4.69, 9.17) is 23.2 Å². The zero-order valence-electron chi connectivity index (χ0n) is 14.2. The highest BCUT2D eigenvalue weighted by molar-refractivity contribution is 7.92. The molecule has 2 aromatic carbocycles. The van der Waals surface area contributed by atoms with Crippen molar-refractivity contribution in [3.05, 3.63) is 64.3 Å². The highest BCUT2D eigenvalue weighted by Crippen LogP contribution is 2.43. The minimum atomic E-state index is -3.66. The first-order valence-corrected chi connectivity index (χ1v) is 10.4. The molecule has 1 aromatic heterocycles. The lowest BCUT2D eigenvalue weighted by Crippen LogP contribution is -2.36. The summed E-state index contributed by atoms with van der Waals surface area (Å²) in [6, 6.07) is 14.2. The van der Waals surface area contributed by atoms with Crippen LogP contribution < -0.4 is 4.31 Å². The Bertz CT molecular complexity index is 1130. The predicted octanol–water partition coefficient (Wildman–Crippen LogP) is 3.66. The van der Waals surface area contributed by atoms with Gasteiger partial charge in [0.25, 0.3) is 0 Å². The second-order valence-electron chi connectivity index (χ2n) is 6.22. The normalized spacial score (nSPS) is 18.4. The van der Waals surface area contributed by atoms with Crippen molar-refractivity contribution >= 4 is 38.9 Å². The van der Waals surface area contributed by atoms with Crippen LogP contribution in [0.4, 0.5) is 5.69 Å². The summed E-state index contributed by atoms with van der Waals surface area (Å²) in [5.41, 5.74) is 2.43. The van der Waals surface area contributed by atoms with Crippen LogP contribution in [0, 0.1) is 0 Å². The molecule has 1 unspecified atom stereocenters. The van der Waals surface area contributed by atoms with E-state index in [-0.39, 0.29) is 5.69 Å². The first-order valence-electron chi connectivity index (χ1n) is 8.08. The van der Waals surface area contributed by atoms with E-state index in [0.29, 0.717) is 27.1 Å². The van der Waals surface area contributed by atoms with Gasteiger partial charge in [0, 0.05) is 17.6 Å². The van der Waals surface area contributed by atoms with Crippen LogP contribution in [0.25, 0.3) is 16.9 Å². The van der Waals surface area contributed by atoms with Gasteiger partial charge in [-0.2, -0.15) is 5.10 Å². The zero-order valence-corrected chi connectivity index (χ0v) is 16.5. The summed E-state index contributed by atoms with van der Waals surface area (Å²) < 4.78 is 27.7. The molecule has 0 aliphatic carbocycles. The highest BCUT2D eigenvalue weighted by Gasteiger charge is 2.39. The molecule has 0 fully saturated rings. The van der Waals surface area contributed by atoms with Gasteiger partial charge in [-0.25, -0.2) is 13.1 Å². The quantitative estimate of drug-likeness (QED) is 0.682. The summed E-state index contributed by atoms with van der Waals surface area (Å²) in [5, 5.41) is 15.8. The molecule has 0 saturated heterocycles. The summed E-state index contributed by atoms with van der Waals surface area (Å²) in [7, 11) is -2.20. The van der Waals surface area contributed by atoms with E-state index in [1.807, 2.05) is 30.3 Å². The van der Waals surface area contributed by atoms with Gasteiger partial charge in [-0.1, -0.05) is 53.5 Å². The van der Waals surface area contributed by atoms with Crippen LogP contribution in [-0.2, 0) is 10.0 Å². The lowest BCUT2D eigenvalue weighted by molar-refractivity contribution is 0.195. The number of aromatic nitrogens is 2. The molecule has 0 radical (unpaired) electrons. The van der Waals surface area contributed by atoms with Crippen molar-refractivity contribution < 1.29 is 13.5 Å². The molecule has 1 aliphatic heterocycles. The summed E-state index contributed by atoms with van der Waals surface area (Å²) >= 11 is 12.4. The Labute approximate surface area is 166 Å². The van der Waals surface area contributed by atoms with Crippen molar-refractivity contribution in [2.75, 3.05) is 17.1 Å². The number of benzene rings is 2. The minimum absolute atomic E-state index is 0.289. The molecule has 1 aliphatic rings. The Morgan fingerprint density at radius 2 is 1.85 bits per heavy atom. The maximum atomic E-state index is 12.5. The van der Waals surface area contributed by atoms with Gasteiger partial charge in [0.2, 0.25) is 10.0 Å². The van der Waals surface area contributed by atoms with Gasteiger partial charge in [-0.15, -0.1) is 0 Å². The van der Waals surface area contributed by atoms with Gasteiger partial charge in [0.15, 0.2) is 0 Å². The van der Waals surface area contributed by atoms with Crippen LogP contribution in [0.5, 0.6) is 0 Å². The SMILES string of the molecule is CN1c2c(nn(-c3ccc(Cl)cc3Cl)c2-c2ccccc2)C(O)CS1(=O)=O. The zero-order chi connectivity index (χ0) is 19.3. The third-order valence-electron chi connectivity index (χ3n) is 4.49. The number of aliphatic hydroxyl groups is 1. The molecular formula is C18H15Cl2N3O3S. The van der Waals surface area contributed by atoms with Crippen molar-refractivity contribution in [1.82, 2.24) is 9.78 Å². The molecule has 2 heterocycles.